The summed E-state index contributed by atoms with van der Waals surface area (Å²) in [5.41, 5.74) is 1.40. The number of hydrogen-bond acceptors (Lipinski definition) is 6. The minimum atomic E-state index is -0.917. The molecule has 0 unspecified atom stereocenters. The van der Waals surface area contributed by atoms with Gasteiger partial charge in [0.05, 0.1) is 10.6 Å². The molecule has 1 saturated heterocycles. The molecule has 1 amide bonds. The quantitative estimate of drug-likeness (QED) is 0.449. The van der Waals surface area contributed by atoms with Crippen molar-refractivity contribution in [3.63, 3.8) is 0 Å². The number of halogens is 1. The lowest BCUT2D eigenvalue weighted by Crippen LogP contribution is -2.29. The first-order chi connectivity index (χ1) is 14.0. The number of carbonyl (C=O) groups excluding carboxylic acids is 1. The zero-order valence-electron chi connectivity index (χ0n) is 14.9. The molecule has 0 spiro atoms. The average molecular weight is 448 g/mol. The number of amides is 1. The summed E-state index contributed by atoms with van der Waals surface area (Å²) < 4.78 is 16.6. The van der Waals surface area contributed by atoms with Crippen LogP contribution in [0.15, 0.2) is 40.7 Å². The first-order valence-electron chi connectivity index (χ1n) is 8.63. The van der Waals surface area contributed by atoms with Crippen molar-refractivity contribution in [1.82, 2.24) is 14.3 Å². The standard InChI is InChI=1S/C19H14FN3O3S3/c20-12-5-2-1-4-11(12)16-13(22-8-9-28-18(22)21-16)10-14-17(26)23(19(27)29-14)7-3-6-15(24)25/h1-2,4-5,8-10H,3,6-7H2,(H,24,25)/b14-10+. The van der Waals surface area contributed by atoms with Gasteiger partial charge < -0.3 is 5.11 Å². The maximum absolute atomic E-state index is 14.4. The van der Waals surface area contributed by atoms with Crippen molar-refractivity contribution >= 4 is 62.6 Å². The molecule has 6 nitrogen and oxygen atoms in total. The molecule has 1 fully saturated rings. The summed E-state index contributed by atoms with van der Waals surface area (Å²) >= 11 is 7.86. The summed E-state index contributed by atoms with van der Waals surface area (Å²) in [6.07, 6.45) is 3.77. The fraction of sp³-hybridized carbons (Fsp3) is 0.158. The van der Waals surface area contributed by atoms with Crippen LogP contribution in [0, 0.1) is 5.82 Å². The third-order valence-electron chi connectivity index (χ3n) is 4.34. The number of rotatable bonds is 6. The molecule has 1 N–H and O–H groups in total. The molecule has 0 aliphatic carbocycles. The normalized spacial score (nSPS) is 15.8. The third kappa shape index (κ3) is 3.83. The first kappa shape index (κ1) is 19.7. The summed E-state index contributed by atoms with van der Waals surface area (Å²) in [5, 5.41) is 10.7. The maximum atomic E-state index is 14.4. The van der Waals surface area contributed by atoms with E-state index in [1.54, 1.807) is 24.3 Å². The number of thiocarbonyl (C=S) groups is 1. The van der Waals surface area contributed by atoms with Crippen LogP contribution in [0.3, 0.4) is 0 Å². The fourth-order valence-corrected chi connectivity index (χ4v) is 5.00. The second-order valence-corrected chi connectivity index (χ2v) is 8.76. The highest BCUT2D eigenvalue weighted by Crippen LogP contribution is 2.36. The molecule has 3 aromatic rings. The number of carboxylic acid groups (broad SMARTS) is 1. The number of benzene rings is 1. The maximum Gasteiger partial charge on any atom is 0.303 e. The van der Waals surface area contributed by atoms with Crippen molar-refractivity contribution in [1.29, 1.82) is 0 Å². The molecule has 1 aliphatic rings. The van der Waals surface area contributed by atoms with Crippen molar-refractivity contribution < 1.29 is 19.1 Å². The summed E-state index contributed by atoms with van der Waals surface area (Å²) in [4.78, 5) is 30.6. The number of thiazole rings is 1. The highest BCUT2D eigenvalue weighted by molar-refractivity contribution is 8.26. The van der Waals surface area contributed by atoms with E-state index in [9.17, 15) is 14.0 Å². The van der Waals surface area contributed by atoms with Gasteiger partial charge in [0.2, 0.25) is 0 Å². The Labute approximate surface area is 178 Å². The second-order valence-electron chi connectivity index (χ2n) is 6.21. The number of thioether (sulfide) groups is 1. The number of carbonyl (C=O) groups is 2. The van der Waals surface area contributed by atoms with Gasteiger partial charge in [0.15, 0.2) is 4.96 Å². The van der Waals surface area contributed by atoms with Gasteiger partial charge in [-0.2, -0.15) is 0 Å². The van der Waals surface area contributed by atoms with E-state index in [1.165, 1.54) is 22.3 Å². The van der Waals surface area contributed by atoms with E-state index >= 15 is 0 Å². The number of imidazole rings is 1. The second kappa shape index (κ2) is 8.05. The predicted molar refractivity (Wildman–Crippen MR) is 115 cm³/mol. The molecule has 148 valence electrons. The summed E-state index contributed by atoms with van der Waals surface area (Å²) in [5.74, 6) is -1.59. The molecule has 2 aromatic heterocycles. The molecular weight excluding hydrogens is 433 g/mol. The number of nitrogens with zero attached hydrogens (tertiary/aromatic N) is 3. The molecule has 10 heteroatoms. The lowest BCUT2D eigenvalue weighted by Gasteiger charge is -2.13. The van der Waals surface area contributed by atoms with Gasteiger partial charge in [-0.1, -0.05) is 36.1 Å². The van der Waals surface area contributed by atoms with Crippen LogP contribution in [0.1, 0.15) is 18.5 Å². The van der Waals surface area contributed by atoms with Crippen LogP contribution < -0.4 is 0 Å². The molecular formula is C19H14FN3O3S3. The molecule has 3 heterocycles. The predicted octanol–water partition coefficient (Wildman–Crippen LogP) is 4.27. The summed E-state index contributed by atoms with van der Waals surface area (Å²) in [7, 11) is 0. The van der Waals surface area contributed by atoms with E-state index in [2.05, 4.69) is 4.98 Å². The van der Waals surface area contributed by atoms with Gasteiger partial charge in [-0.15, -0.1) is 11.3 Å². The molecule has 0 bridgehead atoms. The van der Waals surface area contributed by atoms with Crippen molar-refractivity contribution in [3.05, 3.63) is 52.3 Å². The Hall–Kier alpha value is -2.56. The van der Waals surface area contributed by atoms with Crippen molar-refractivity contribution in [2.24, 2.45) is 0 Å². The summed E-state index contributed by atoms with van der Waals surface area (Å²) in [6, 6.07) is 6.36. The van der Waals surface area contributed by atoms with Gasteiger partial charge in [-0.05, 0) is 24.6 Å². The minimum absolute atomic E-state index is 0.0360. The molecule has 0 radical (unpaired) electrons. The smallest absolute Gasteiger partial charge is 0.303 e. The molecule has 0 saturated carbocycles. The Morgan fingerprint density at radius 1 is 1.34 bits per heavy atom. The van der Waals surface area contributed by atoms with Crippen molar-refractivity contribution in [2.45, 2.75) is 12.8 Å². The zero-order valence-corrected chi connectivity index (χ0v) is 17.3. The Morgan fingerprint density at radius 3 is 2.90 bits per heavy atom. The number of fused-ring (bicyclic) bond motifs is 1. The van der Waals surface area contributed by atoms with Gasteiger partial charge in [-0.25, -0.2) is 9.37 Å². The monoisotopic (exact) mass is 447 g/mol. The SMILES string of the molecule is O=C(O)CCCN1C(=O)/C(=C\c2c(-c3ccccc3F)nc3sccn23)SC1=S. The zero-order chi connectivity index (χ0) is 20.5. The van der Waals surface area contributed by atoms with Crippen LogP contribution in [0.5, 0.6) is 0 Å². The largest absolute Gasteiger partial charge is 0.481 e. The van der Waals surface area contributed by atoms with Crippen LogP contribution in [0.2, 0.25) is 0 Å². The Balaban J connectivity index is 1.71. The Morgan fingerprint density at radius 2 is 2.14 bits per heavy atom. The van der Waals surface area contributed by atoms with Gasteiger partial charge in [0, 0.05) is 30.1 Å². The lowest BCUT2D eigenvalue weighted by molar-refractivity contribution is -0.137. The van der Waals surface area contributed by atoms with Crippen LogP contribution in [0.25, 0.3) is 22.3 Å². The van der Waals surface area contributed by atoms with Gasteiger partial charge in [-0.3, -0.25) is 18.9 Å². The van der Waals surface area contributed by atoms with Crippen LogP contribution in [0.4, 0.5) is 4.39 Å². The third-order valence-corrected chi connectivity index (χ3v) is 6.48. The fourth-order valence-electron chi connectivity index (χ4n) is 3.00. The van der Waals surface area contributed by atoms with Gasteiger partial charge in [0.1, 0.15) is 15.8 Å². The van der Waals surface area contributed by atoms with Gasteiger partial charge >= 0.3 is 5.97 Å². The minimum Gasteiger partial charge on any atom is -0.481 e. The van der Waals surface area contributed by atoms with E-state index < -0.39 is 11.8 Å². The number of carboxylic acids is 1. The highest BCUT2D eigenvalue weighted by atomic mass is 32.2. The molecule has 29 heavy (non-hydrogen) atoms. The van der Waals surface area contributed by atoms with Crippen molar-refractivity contribution in [3.8, 4) is 11.3 Å². The Kier molecular flexibility index (Phi) is 5.48. The topological polar surface area (TPSA) is 74.9 Å². The van der Waals surface area contributed by atoms with E-state index in [-0.39, 0.29) is 18.9 Å². The molecule has 1 aromatic carbocycles. The average Bonchev–Trinajstić information content (AvgIpc) is 3.33. The van der Waals surface area contributed by atoms with E-state index in [0.717, 1.165) is 11.8 Å². The molecule has 1 aliphatic heterocycles. The molecule has 0 atom stereocenters. The van der Waals surface area contributed by atoms with E-state index in [4.69, 9.17) is 17.3 Å². The lowest BCUT2D eigenvalue weighted by atomic mass is 10.1. The van der Waals surface area contributed by atoms with E-state index in [1.807, 2.05) is 16.0 Å². The van der Waals surface area contributed by atoms with Crippen LogP contribution in [-0.2, 0) is 9.59 Å². The van der Waals surface area contributed by atoms with Crippen LogP contribution in [-0.4, -0.2) is 42.1 Å². The highest BCUT2D eigenvalue weighted by Gasteiger charge is 2.32. The van der Waals surface area contributed by atoms with E-state index in [0.29, 0.717) is 37.6 Å². The Bertz CT molecular complexity index is 1170. The van der Waals surface area contributed by atoms with Gasteiger partial charge in [0.25, 0.3) is 5.91 Å². The van der Waals surface area contributed by atoms with Crippen LogP contribution >= 0.6 is 35.3 Å². The van der Waals surface area contributed by atoms with Crippen molar-refractivity contribution in [2.75, 3.05) is 6.54 Å². The number of aromatic nitrogens is 2. The number of aliphatic carboxylic acids is 1. The first-order valence-corrected chi connectivity index (χ1v) is 10.7. The molecule has 4 rings (SSSR count). The summed E-state index contributed by atoms with van der Waals surface area (Å²) in [6.45, 7) is 0.245. The number of hydrogen-bond donors (Lipinski definition) is 1.